The Labute approximate surface area is 153 Å². The van der Waals surface area contributed by atoms with Gasteiger partial charge in [-0.2, -0.15) is 0 Å². The molecule has 0 spiro atoms. The van der Waals surface area contributed by atoms with Crippen molar-refractivity contribution in [1.82, 2.24) is 14.7 Å². The molecule has 1 heterocycles. The molecule has 1 N–H and O–H groups in total. The van der Waals surface area contributed by atoms with Crippen LogP contribution in [0.1, 0.15) is 25.3 Å². The van der Waals surface area contributed by atoms with Crippen LogP contribution in [0.2, 0.25) is 5.02 Å². The van der Waals surface area contributed by atoms with Crippen molar-refractivity contribution < 1.29 is 10.1 Å². The first kappa shape index (κ1) is 17.7. The van der Waals surface area contributed by atoms with Gasteiger partial charge in [-0.1, -0.05) is 48.5 Å². The maximum Gasteiger partial charge on any atom is 0.438 e. The van der Waals surface area contributed by atoms with Crippen molar-refractivity contribution in [1.29, 1.82) is 0 Å². The van der Waals surface area contributed by atoms with Gasteiger partial charge in [0.25, 0.3) is 5.49 Å². The first-order valence-corrected chi connectivity index (χ1v) is 8.21. The number of hydrogen-bond donors (Lipinski definition) is 1. The quantitative estimate of drug-likeness (QED) is 0.427. The molecule has 0 radical (unpaired) electrons. The summed E-state index contributed by atoms with van der Waals surface area (Å²) in [5, 5.41) is 26.0. The molecule has 9 heteroatoms. The zero-order valence-electron chi connectivity index (χ0n) is 14.1. The second-order valence-electron chi connectivity index (χ2n) is 5.92. The van der Waals surface area contributed by atoms with E-state index in [2.05, 4.69) is 23.9 Å². The molecule has 8 nitrogen and oxygen atoms in total. The van der Waals surface area contributed by atoms with Crippen LogP contribution in [0.5, 0.6) is 0 Å². The molecular weight excluding hydrogens is 358 g/mol. The van der Waals surface area contributed by atoms with Gasteiger partial charge in [0, 0.05) is 5.02 Å². The van der Waals surface area contributed by atoms with Gasteiger partial charge >= 0.3 is 5.82 Å². The van der Waals surface area contributed by atoms with Crippen LogP contribution in [0.25, 0.3) is 5.69 Å². The fourth-order valence-corrected chi connectivity index (χ4v) is 2.58. The predicted molar refractivity (Wildman–Crippen MR) is 96.2 cm³/mol. The number of aromatic nitrogens is 3. The average molecular weight is 374 g/mol. The SMILES string of the molecule is CC(C)c1ccc(N=c2c([N+](=O)[O-])nn(-c3cccc(Cl)c3)n2O)cc1. The van der Waals surface area contributed by atoms with Crippen LogP contribution in [-0.4, -0.2) is 24.9 Å². The molecule has 0 saturated heterocycles. The molecular formula is C17H16ClN5O3. The highest BCUT2D eigenvalue weighted by Gasteiger charge is 2.24. The molecule has 0 aliphatic carbocycles. The topological polar surface area (TPSA) is 98.5 Å². The highest BCUT2D eigenvalue weighted by Crippen LogP contribution is 2.19. The molecule has 3 rings (SSSR count). The number of rotatable bonds is 4. The van der Waals surface area contributed by atoms with E-state index < -0.39 is 10.7 Å². The molecule has 0 fully saturated rings. The Kier molecular flexibility index (Phi) is 4.77. The maximum atomic E-state index is 11.3. The van der Waals surface area contributed by atoms with E-state index in [0.29, 0.717) is 27.2 Å². The normalized spacial score (nSPS) is 11.9. The van der Waals surface area contributed by atoms with Gasteiger partial charge in [0.2, 0.25) is 0 Å². The van der Waals surface area contributed by atoms with E-state index in [9.17, 15) is 15.3 Å². The van der Waals surface area contributed by atoms with Gasteiger partial charge in [0.1, 0.15) is 5.69 Å². The second-order valence-corrected chi connectivity index (χ2v) is 6.36. The average Bonchev–Trinajstić information content (AvgIpc) is 2.92. The first-order chi connectivity index (χ1) is 12.4. The van der Waals surface area contributed by atoms with E-state index in [1.165, 1.54) is 6.07 Å². The second kappa shape index (κ2) is 7.01. The summed E-state index contributed by atoms with van der Waals surface area (Å²) in [5.41, 5.74) is 1.66. The Morgan fingerprint density at radius 3 is 2.50 bits per heavy atom. The molecule has 2 aromatic carbocycles. The molecule has 0 amide bonds. The fraction of sp³-hybridized carbons (Fsp3) is 0.176. The summed E-state index contributed by atoms with van der Waals surface area (Å²) in [6, 6.07) is 13.7. The minimum Gasteiger partial charge on any atom is -0.409 e. The molecule has 0 bridgehead atoms. The first-order valence-electron chi connectivity index (χ1n) is 7.83. The van der Waals surface area contributed by atoms with E-state index >= 15 is 0 Å². The Morgan fingerprint density at radius 1 is 1.23 bits per heavy atom. The zero-order valence-corrected chi connectivity index (χ0v) is 14.8. The number of nitrogens with zero attached hydrogens (tertiary/aromatic N) is 5. The lowest BCUT2D eigenvalue weighted by Crippen LogP contribution is -2.22. The molecule has 0 unspecified atom stereocenters. The van der Waals surface area contributed by atoms with Crippen molar-refractivity contribution in [3.8, 4) is 5.69 Å². The van der Waals surface area contributed by atoms with E-state index in [-0.39, 0.29) is 5.49 Å². The van der Waals surface area contributed by atoms with Gasteiger partial charge in [0.05, 0.1) is 10.8 Å². The zero-order chi connectivity index (χ0) is 18.8. The summed E-state index contributed by atoms with van der Waals surface area (Å²) in [5.74, 6) is -0.216. The van der Waals surface area contributed by atoms with Gasteiger partial charge in [-0.3, -0.25) is 0 Å². The number of halogens is 1. The molecule has 0 saturated carbocycles. The summed E-state index contributed by atoms with van der Waals surface area (Å²) < 4.78 is 0. The molecule has 0 aliphatic heterocycles. The molecule has 0 aliphatic rings. The van der Waals surface area contributed by atoms with Gasteiger partial charge in [-0.05, 0) is 51.5 Å². The highest BCUT2D eigenvalue weighted by molar-refractivity contribution is 6.30. The summed E-state index contributed by atoms with van der Waals surface area (Å²) in [7, 11) is 0. The van der Waals surface area contributed by atoms with Crippen molar-refractivity contribution in [2.75, 3.05) is 0 Å². The van der Waals surface area contributed by atoms with Crippen LogP contribution >= 0.6 is 11.6 Å². The Balaban J connectivity index is 2.15. The third-order valence-electron chi connectivity index (χ3n) is 3.77. The summed E-state index contributed by atoms with van der Waals surface area (Å²) in [6.07, 6.45) is 0. The van der Waals surface area contributed by atoms with Gasteiger partial charge in [-0.25, -0.2) is 4.99 Å². The predicted octanol–water partition coefficient (Wildman–Crippen LogP) is 3.83. The van der Waals surface area contributed by atoms with Crippen LogP contribution in [-0.2, 0) is 0 Å². The van der Waals surface area contributed by atoms with E-state index in [0.717, 1.165) is 10.4 Å². The highest BCUT2D eigenvalue weighted by atomic mass is 35.5. The number of nitro groups is 1. The third kappa shape index (κ3) is 3.45. The van der Waals surface area contributed by atoms with E-state index in [1.54, 1.807) is 30.3 Å². The standard InChI is InChI=1S/C17H16ClN5O3/c1-11(2)12-6-8-14(9-7-12)19-16-17(23(25)26)20-21(22(16)24)15-5-3-4-13(18)10-15/h3-11,24H,1-2H3. The molecule has 0 atom stereocenters. The smallest absolute Gasteiger partial charge is 0.409 e. The van der Waals surface area contributed by atoms with Crippen LogP contribution in [0, 0.1) is 10.1 Å². The third-order valence-corrected chi connectivity index (χ3v) is 4.00. The Hall–Kier alpha value is -3.13. The van der Waals surface area contributed by atoms with Gasteiger partial charge < -0.3 is 15.3 Å². The van der Waals surface area contributed by atoms with E-state index in [4.69, 9.17) is 11.6 Å². The fourth-order valence-electron chi connectivity index (χ4n) is 2.39. The molecule has 3 aromatic rings. The molecule has 134 valence electrons. The maximum absolute atomic E-state index is 11.3. The molecule has 26 heavy (non-hydrogen) atoms. The van der Waals surface area contributed by atoms with Crippen molar-refractivity contribution in [2.24, 2.45) is 4.99 Å². The lowest BCUT2D eigenvalue weighted by Gasteiger charge is -2.04. The minimum atomic E-state index is -0.699. The monoisotopic (exact) mass is 373 g/mol. The van der Waals surface area contributed by atoms with Crippen LogP contribution in [0.3, 0.4) is 0 Å². The van der Waals surface area contributed by atoms with E-state index in [1.807, 2.05) is 12.1 Å². The summed E-state index contributed by atoms with van der Waals surface area (Å²) >= 11 is 5.94. The Morgan fingerprint density at radius 2 is 1.92 bits per heavy atom. The molecule has 1 aromatic heterocycles. The van der Waals surface area contributed by atoms with Crippen LogP contribution in [0.15, 0.2) is 53.5 Å². The van der Waals surface area contributed by atoms with Crippen molar-refractivity contribution >= 4 is 23.1 Å². The minimum absolute atomic E-state index is 0.285. The van der Waals surface area contributed by atoms with Crippen LogP contribution in [0.4, 0.5) is 11.5 Å². The van der Waals surface area contributed by atoms with Crippen molar-refractivity contribution in [3.63, 3.8) is 0 Å². The Bertz CT molecular complexity index is 1020. The summed E-state index contributed by atoms with van der Waals surface area (Å²) in [6.45, 7) is 4.13. The van der Waals surface area contributed by atoms with Gasteiger partial charge in [0.15, 0.2) is 0 Å². The van der Waals surface area contributed by atoms with Crippen molar-refractivity contribution in [3.05, 3.63) is 74.7 Å². The largest absolute Gasteiger partial charge is 0.438 e. The summed E-state index contributed by atoms with van der Waals surface area (Å²) in [4.78, 5) is 16.3. The van der Waals surface area contributed by atoms with Gasteiger partial charge in [-0.15, -0.1) is 0 Å². The van der Waals surface area contributed by atoms with Crippen LogP contribution < -0.4 is 5.49 Å². The number of hydrogen-bond acceptors (Lipinski definition) is 5. The lowest BCUT2D eigenvalue weighted by atomic mass is 10.0. The lowest BCUT2D eigenvalue weighted by molar-refractivity contribution is -0.391. The number of benzene rings is 2. The van der Waals surface area contributed by atoms with Crippen molar-refractivity contribution in [2.45, 2.75) is 19.8 Å².